The Morgan fingerprint density at radius 3 is 2.64 bits per heavy atom. The first-order valence-corrected chi connectivity index (χ1v) is 7.97. The Kier molecular flexibility index (Phi) is 6.54. The van der Waals surface area contributed by atoms with Gasteiger partial charge in [-0.15, -0.1) is 0 Å². The van der Waals surface area contributed by atoms with Crippen molar-refractivity contribution in [1.29, 1.82) is 0 Å². The lowest BCUT2D eigenvalue weighted by atomic mass is 10.1. The lowest BCUT2D eigenvalue weighted by molar-refractivity contribution is 0.101. The van der Waals surface area contributed by atoms with Crippen molar-refractivity contribution in [2.24, 2.45) is 0 Å². The van der Waals surface area contributed by atoms with Crippen LogP contribution in [0, 0.1) is 6.92 Å². The van der Waals surface area contributed by atoms with Crippen LogP contribution in [0.3, 0.4) is 0 Å². The third kappa shape index (κ3) is 6.27. The van der Waals surface area contributed by atoms with Crippen molar-refractivity contribution in [2.75, 3.05) is 18.5 Å². The zero-order valence-corrected chi connectivity index (χ0v) is 14.3. The van der Waals surface area contributed by atoms with Gasteiger partial charge >= 0.3 is 6.03 Å². The summed E-state index contributed by atoms with van der Waals surface area (Å²) in [7, 11) is 0. The van der Waals surface area contributed by atoms with Crippen molar-refractivity contribution < 1.29 is 19.4 Å². The smallest absolute Gasteiger partial charge is 0.319 e. The lowest BCUT2D eigenvalue weighted by Gasteiger charge is -2.14. The van der Waals surface area contributed by atoms with E-state index >= 15 is 0 Å². The number of ether oxygens (including phenoxy) is 1. The number of urea groups is 1. The molecule has 1 atom stereocenters. The van der Waals surface area contributed by atoms with Gasteiger partial charge in [-0.05, 0) is 43.7 Å². The minimum atomic E-state index is -0.838. The summed E-state index contributed by atoms with van der Waals surface area (Å²) in [4.78, 5) is 23.2. The summed E-state index contributed by atoms with van der Waals surface area (Å²) in [6.07, 6.45) is -0.838. The molecule has 0 heterocycles. The second-order valence-corrected chi connectivity index (χ2v) is 5.75. The monoisotopic (exact) mass is 342 g/mol. The topological polar surface area (TPSA) is 87.7 Å². The zero-order chi connectivity index (χ0) is 18.2. The summed E-state index contributed by atoms with van der Waals surface area (Å²) in [6.45, 7) is 3.54. The fourth-order valence-electron chi connectivity index (χ4n) is 2.16. The molecule has 0 aromatic heterocycles. The number of hydrogen-bond donors (Lipinski definition) is 3. The summed E-state index contributed by atoms with van der Waals surface area (Å²) in [5.41, 5.74) is 2.09. The van der Waals surface area contributed by atoms with Crippen LogP contribution < -0.4 is 15.4 Å². The normalized spacial score (nSPS) is 11.5. The van der Waals surface area contributed by atoms with Crippen molar-refractivity contribution >= 4 is 17.5 Å². The summed E-state index contributed by atoms with van der Waals surface area (Å²) in [5, 5.41) is 15.1. The second-order valence-electron chi connectivity index (χ2n) is 5.75. The Bertz CT molecular complexity index is 746. The summed E-state index contributed by atoms with van der Waals surface area (Å²) < 4.78 is 5.48. The van der Waals surface area contributed by atoms with Crippen LogP contribution in [0.15, 0.2) is 48.5 Å². The highest BCUT2D eigenvalue weighted by Gasteiger charge is 2.09. The standard InChI is InChI=1S/C19H22N2O4/c1-13-5-3-8-18(9-13)25-12-17(23)11-20-19(24)21-16-7-4-6-15(10-16)14(2)22/h3-10,17,23H,11-12H2,1-2H3,(H2,20,21,24)/t17-/m1/s1. The van der Waals surface area contributed by atoms with E-state index in [1.807, 2.05) is 31.2 Å². The first kappa shape index (κ1) is 18.5. The predicted molar refractivity (Wildman–Crippen MR) is 96.1 cm³/mol. The number of hydrogen-bond acceptors (Lipinski definition) is 4. The molecule has 0 spiro atoms. The number of aliphatic hydroxyl groups excluding tert-OH is 1. The van der Waals surface area contributed by atoms with Crippen LogP contribution in [0.5, 0.6) is 5.75 Å². The van der Waals surface area contributed by atoms with E-state index in [1.165, 1.54) is 6.92 Å². The van der Waals surface area contributed by atoms with Gasteiger partial charge in [-0.2, -0.15) is 0 Å². The number of rotatable bonds is 7. The number of aliphatic hydroxyl groups is 1. The van der Waals surface area contributed by atoms with Crippen LogP contribution in [0.1, 0.15) is 22.8 Å². The van der Waals surface area contributed by atoms with E-state index < -0.39 is 12.1 Å². The molecular formula is C19H22N2O4. The zero-order valence-electron chi connectivity index (χ0n) is 14.3. The van der Waals surface area contributed by atoms with Gasteiger partial charge in [0.15, 0.2) is 5.78 Å². The van der Waals surface area contributed by atoms with Gasteiger partial charge in [0.05, 0.1) is 0 Å². The van der Waals surface area contributed by atoms with Crippen molar-refractivity contribution in [1.82, 2.24) is 5.32 Å². The van der Waals surface area contributed by atoms with Crippen LogP contribution in [-0.4, -0.2) is 36.2 Å². The number of Topliss-reactive ketones (excluding diaryl/α,β-unsaturated/α-hetero) is 1. The van der Waals surface area contributed by atoms with Gasteiger partial charge in [0.2, 0.25) is 0 Å². The van der Waals surface area contributed by atoms with Crippen LogP contribution >= 0.6 is 0 Å². The molecule has 2 rings (SSSR count). The Morgan fingerprint density at radius 2 is 1.92 bits per heavy atom. The van der Waals surface area contributed by atoms with E-state index in [2.05, 4.69) is 10.6 Å². The SMILES string of the molecule is CC(=O)c1cccc(NC(=O)NC[C@@H](O)COc2cccc(C)c2)c1. The largest absolute Gasteiger partial charge is 0.491 e. The van der Waals surface area contributed by atoms with Gasteiger partial charge in [0, 0.05) is 17.8 Å². The van der Waals surface area contributed by atoms with Crippen LogP contribution in [0.25, 0.3) is 0 Å². The van der Waals surface area contributed by atoms with E-state index in [1.54, 1.807) is 24.3 Å². The molecule has 0 fully saturated rings. The molecule has 25 heavy (non-hydrogen) atoms. The molecule has 2 aromatic rings. The fourth-order valence-corrected chi connectivity index (χ4v) is 2.16. The fraction of sp³-hybridized carbons (Fsp3) is 0.263. The minimum Gasteiger partial charge on any atom is -0.491 e. The van der Waals surface area contributed by atoms with E-state index in [-0.39, 0.29) is 18.9 Å². The van der Waals surface area contributed by atoms with E-state index in [9.17, 15) is 14.7 Å². The third-order valence-electron chi connectivity index (χ3n) is 3.46. The quantitative estimate of drug-likeness (QED) is 0.675. The summed E-state index contributed by atoms with van der Waals surface area (Å²) >= 11 is 0. The molecule has 3 N–H and O–H groups in total. The third-order valence-corrected chi connectivity index (χ3v) is 3.46. The maximum atomic E-state index is 11.9. The Hall–Kier alpha value is -2.86. The molecule has 0 aliphatic carbocycles. The number of nitrogens with one attached hydrogen (secondary N) is 2. The highest BCUT2D eigenvalue weighted by molar-refractivity contribution is 5.96. The molecule has 2 amide bonds. The number of anilines is 1. The number of ketones is 1. The molecule has 6 heteroatoms. The van der Waals surface area contributed by atoms with E-state index in [0.29, 0.717) is 17.0 Å². The predicted octanol–water partition coefficient (Wildman–Crippen LogP) is 2.76. The van der Waals surface area contributed by atoms with Crippen molar-refractivity contribution in [3.8, 4) is 5.75 Å². The molecule has 0 saturated carbocycles. The lowest BCUT2D eigenvalue weighted by Crippen LogP contribution is -2.37. The van der Waals surface area contributed by atoms with Gasteiger partial charge in [0.25, 0.3) is 0 Å². The number of carbonyl (C=O) groups excluding carboxylic acids is 2. The maximum Gasteiger partial charge on any atom is 0.319 e. The second kappa shape index (κ2) is 8.84. The molecule has 132 valence electrons. The molecule has 0 aliphatic heterocycles. The number of carbonyl (C=O) groups is 2. The van der Waals surface area contributed by atoms with Gasteiger partial charge in [-0.1, -0.05) is 24.3 Å². The van der Waals surface area contributed by atoms with Gasteiger partial charge in [-0.25, -0.2) is 4.79 Å². The first-order chi connectivity index (χ1) is 11.9. The van der Waals surface area contributed by atoms with Crippen LogP contribution in [0.4, 0.5) is 10.5 Å². The molecule has 6 nitrogen and oxygen atoms in total. The van der Waals surface area contributed by atoms with E-state index in [4.69, 9.17) is 4.74 Å². The number of benzene rings is 2. The maximum absolute atomic E-state index is 11.9. The highest BCUT2D eigenvalue weighted by atomic mass is 16.5. The molecule has 0 radical (unpaired) electrons. The summed E-state index contributed by atoms with van der Waals surface area (Å²) in [6, 6.07) is 13.7. The van der Waals surface area contributed by atoms with Gasteiger partial charge in [0.1, 0.15) is 18.5 Å². The Balaban J connectivity index is 1.75. The van der Waals surface area contributed by atoms with Crippen molar-refractivity contribution in [2.45, 2.75) is 20.0 Å². The number of aryl methyl sites for hydroxylation is 1. The first-order valence-electron chi connectivity index (χ1n) is 7.97. The molecular weight excluding hydrogens is 320 g/mol. The molecule has 0 unspecified atom stereocenters. The van der Waals surface area contributed by atoms with Crippen LogP contribution in [-0.2, 0) is 0 Å². The number of amides is 2. The average Bonchev–Trinajstić information content (AvgIpc) is 2.58. The molecule has 0 saturated heterocycles. The van der Waals surface area contributed by atoms with Crippen LogP contribution in [0.2, 0.25) is 0 Å². The molecule has 2 aromatic carbocycles. The minimum absolute atomic E-state index is 0.0457. The molecule has 0 aliphatic rings. The average molecular weight is 342 g/mol. The van der Waals surface area contributed by atoms with E-state index in [0.717, 1.165) is 5.56 Å². The van der Waals surface area contributed by atoms with Crippen molar-refractivity contribution in [3.05, 3.63) is 59.7 Å². The summed E-state index contributed by atoms with van der Waals surface area (Å²) in [5.74, 6) is 0.595. The van der Waals surface area contributed by atoms with Gasteiger partial charge in [-0.3, -0.25) is 4.79 Å². The Morgan fingerprint density at radius 1 is 1.16 bits per heavy atom. The van der Waals surface area contributed by atoms with Gasteiger partial charge < -0.3 is 20.5 Å². The Labute approximate surface area is 146 Å². The van der Waals surface area contributed by atoms with Crippen molar-refractivity contribution in [3.63, 3.8) is 0 Å². The highest BCUT2D eigenvalue weighted by Crippen LogP contribution is 2.13. The molecule has 0 bridgehead atoms.